The van der Waals surface area contributed by atoms with Gasteiger partial charge in [-0.25, -0.2) is 0 Å². The lowest BCUT2D eigenvalue weighted by atomic mass is 10.1. The lowest BCUT2D eigenvalue weighted by Gasteiger charge is -2.16. The maximum atomic E-state index is 12.7. The monoisotopic (exact) mass is 359 g/mol. The number of hydrogen-bond acceptors (Lipinski definition) is 2. The zero-order chi connectivity index (χ0) is 18.7. The summed E-state index contributed by atoms with van der Waals surface area (Å²) in [7, 11) is 0. The molecule has 3 nitrogen and oxygen atoms in total. The third kappa shape index (κ3) is 4.02. The van der Waals surface area contributed by atoms with Gasteiger partial charge in [0.2, 0.25) is 5.91 Å². The molecule has 134 valence electrons. The van der Waals surface area contributed by atoms with Crippen molar-refractivity contribution < 1.29 is 22.8 Å². The van der Waals surface area contributed by atoms with Gasteiger partial charge in [-0.15, -0.1) is 0 Å². The lowest BCUT2D eigenvalue weighted by Crippen LogP contribution is -2.23. The molecule has 0 radical (unpaired) electrons. The highest BCUT2D eigenvalue weighted by Gasteiger charge is 2.30. The summed E-state index contributed by atoms with van der Waals surface area (Å²) >= 11 is 0. The van der Waals surface area contributed by atoms with Crippen LogP contribution >= 0.6 is 0 Å². The molecular formula is C20H16F3NO2. The average molecular weight is 359 g/mol. The normalized spacial score (nSPS) is 15.0. The van der Waals surface area contributed by atoms with Crippen LogP contribution in [0.2, 0.25) is 0 Å². The Morgan fingerprint density at radius 1 is 1.08 bits per heavy atom. The molecule has 1 aliphatic heterocycles. The van der Waals surface area contributed by atoms with Crippen molar-refractivity contribution in [1.29, 1.82) is 0 Å². The highest BCUT2D eigenvalue weighted by molar-refractivity contribution is 6.08. The van der Waals surface area contributed by atoms with Crippen LogP contribution in [0.4, 0.5) is 18.9 Å². The molecule has 3 rings (SSSR count). The number of carbonyl (C=O) groups excluding carboxylic acids is 2. The van der Waals surface area contributed by atoms with Crippen LogP contribution in [0.5, 0.6) is 0 Å². The van der Waals surface area contributed by atoms with E-state index in [1.807, 2.05) is 0 Å². The second-order valence-corrected chi connectivity index (χ2v) is 6.02. The number of amides is 1. The number of halogens is 3. The molecular weight excluding hydrogens is 343 g/mol. The van der Waals surface area contributed by atoms with Gasteiger partial charge in [-0.3, -0.25) is 9.59 Å². The van der Waals surface area contributed by atoms with E-state index in [0.29, 0.717) is 29.8 Å². The van der Waals surface area contributed by atoms with Gasteiger partial charge in [0.25, 0.3) is 0 Å². The number of hydrogen-bond donors (Lipinski definition) is 0. The van der Waals surface area contributed by atoms with E-state index in [-0.39, 0.29) is 11.7 Å². The Morgan fingerprint density at radius 2 is 1.85 bits per heavy atom. The number of alkyl halides is 3. The topological polar surface area (TPSA) is 37.4 Å². The van der Waals surface area contributed by atoms with Crippen LogP contribution in [0.1, 0.15) is 34.3 Å². The number of anilines is 1. The summed E-state index contributed by atoms with van der Waals surface area (Å²) in [5, 5.41) is 0. The molecule has 1 aliphatic rings. The number of carbonyl (C=O) groups is 2. The quantitative estimate of drug-likeness (QED) is 0.585. The molecule has 1 saturated heterocycles. The molecule has 2 aromatic rings. The van der Waals surface area contributed by atoms with Crippen LogP contribution in [-0.2, 0) is 11.0 Å². The highest BCUT2D eigenvalue weighted by atomic mass is 19.4. The Bertz CT molecular complexity index is 871. The van der Waals surface area contributed by atoms with Crippen LogP contribution in [0, 0.1) is 0 Å². The maximum absolute atomic E-state index is 12.7. The Kier molecular flexibility index (Phi) is 4.93. The fraction of sp³-hybridized carbons (Fsp3) is 0.200. The first-order valence-corrected chi connectivity index (χ1v) is 8.15. The van der Waals surface area contributed by atoms with Crippen molar-refractivity contribution in [2.75, 3.05) is 11.4 Å². The molecule has 0 N–H and O–H groups in total. The van der Waals surface area contributed by atoms with Crippen LogP contribution in [0.3, 0.4) is 0 Å². The predicted molar refractivity (Wildman–Crippen MR) is 92.8 cm³/mol. The summed E-state index contributed by atoms with van der Waals surface area (Å²) in [6, 6.07) is 11.5. The minimum absolute atomic E-state index is 0.0223. The van der Waals surface area contributed by atoms with E-state index < -0.39 is 11.7 Å². The van der Waals surface area contributed by atoms with Gasteiger partial charge in [0.1, 0.15) is 0 Å². The number of allylic oxidation sites excluding steroid dienone is 1. The molecule has 26 heavy (non-hydrogen) atoms. The van der Waals surface area contributed by atoms with Crippen LogP contribution < -0.4 is 4.90 Å². The number of benzene rings is 2. The first-order chi connectivity index (χ1) is 12.3. The van der Waals surface area contributed by atoms with Gasteiger partial charge in [0, 0.05) is 24.2 Å². The smallest absolute Gasteiger partial charge is 0.312 e. The van der Waals surface area contributed by atoms with Gasteiger partial charge in [-0.05, 0) is 42.3 Å². The zero-order valence-electron chi connectivity index (χ0n) is 13.8. The summed E-state index contributed by atoms with van der Waals surface area (Å²) < 4.78 is 38.2. The van der Waals surface area contributed by atoms with E-state index >= 15 is 0 Å². The molecule has 1 amide bonds. The standard InChI is InChI=1S/C20H16F3NO2/c21-20(22,23)16-6-1-4-14(12-16)9-10-18(25)15-5-2-7-17(13-15)24-11-3-8-19(24)26/h1-2,4-7,9-10,12-13H,3,8,11H2/b10-9+. The van der Waals surface area contributed by atoms with E-state index in [2.05, 4.69) is 0 Å². The Hall–Kier alpha value is -2.89. The van der Waals surface area contributed by atoms with Crippen molar-refractivity contribution in [3.05, 3.63) is 71.3 Å². The third-order valence-corrected chi connectivity index (χ3v) is 4.16. The second kappa shape index (κ2) is 7.15. The van der Waals surface area contributed by atoms with Gasteiger partial charge in [-0.2, -0.15) is 13.2 Å². The molecule has 0 unspecified atom stereocenters. The van der Waals surface area contributed by atoms with Gasteiger partial charge in [-0.1, -0.05) is 30.3 Å². The Balaban J connectivity index is 1.78. The van der Waals surface area contributed by atoms with Crippen molar-refractivity contribution in [2.24, 2.45) is 0 Å². The molecule has 0 bridgehead atoms. The van der Waals surface area contributed by atoms with Crippen molar-refractivity contribution in [3.63, 3.8) is 0 Å². The molecule has 1 heterocycles. The zero-order valence-corrected chi connectivity index (χ0v) is 13.8. The van der Waals surface area contributed by atoms with E-state index in [9.17, 15) is 22.8 Å². The van der Waals surface area contributed by atoms with Crippen LogP contribution in [0.25, 0.3) is 6.08 Å². The minimum atomic E-state index is -4.43. The summed E-state index contributed by atoms with van der Waals surface area (Å²) in [5.74, 6) is -0.315. The van der Waals surface area contributed by atoms with Crippen molar-refractivity contribution in [2.45, 2.75) is 19.0 Å². The molecule has 0 spiro atoms. The number of nitrogens with zero attached hydrogens (tertiary/aromatic N) is 1. The second-order valence-electron chi connectivity index (χ2n) is 6.02. The molecule has 0 saturated carbocycles. The first-order valence-electron chi connectivity index (χ1n) is 8.15. The first kappa shape index (κ1) is 17.9. The van der Waals surface area contributed by atoms with Crippen molar-refractivity contribution >= 4 is 23.5 Å². The minimum Gasteiger partial charge on any atom is -0.312 e. The van der Waals surface area contributed by atoms with E-state index in [1.165, 1.54) is 24.3 Å². The number of rotatable bonds is 4. The SMILES string of the molecule is O=C(/C=C/c1cccc(C(F)(F)F)c1)c1cccc(N2CCCC2=O)c1. The molecule has 2 aromatic carbocycles. The third-order valence-electron chi connectivity index (χ3n) is 4.16. The van der Waals surface area contributed by atoms with Crippen molar-refractivity contribution in [1.82, 2.24) is 0 Å². The van der Waals surface area contributed by atoms with Gasteiger partial charge in [0.15, 0.2) is 5.78 Å². The Labute approximate surface area is 148 Å². The molecule has 6 heteroatoms. The summed E-state index contributed by atoms with van der Waals surface area (Å²) in [6.45, 7) is 0.622. The largest absolute Gasteiger partial charge is 0.416 e. The van der Waals surface area contributed by atoms with Gasteiger partial charge >= 0.3 is 6.18 Å². The maximum Gasteiger partial charge on any atom is 0.416 e. The predicted octanol–water partition coefficient (Wildman–Crippen LogP) is 4.73. The fourth-order valence-corrected chi connectivity index (χ4v) is 2.84. The van der Waals surface area contributed by atoms with E-state index in [1.54, 1.807) is 29.2 Å². The van der Waals surface area contributed by atoms with Gasteiger partial charge in [0.05, 0.1) is 5.56 Å². The fourth-order valence-electron chi connectivity index (χ4n) is 2.84. The lowest BCUT2D eigenvalue weighted by molar-refractivity contribution is -0.137. The van der Waals surface area contributed by atoms with E-state index in [4.69, 9.17) is 0 Å². The Morgan fingerprint density at radius 3 is 2.54 bits per heavy atom. The van der Waals surface area contributed by atoms with Crippen molar-refractivity contribution in [3.8, 4) is 0 Å². The summed E-state index contributed by atoms with van der Waals surface area (Å²) in [5.41, 5.74) is 0.567. The molecule has 0 atom stereocenters. The van der Waals surface area contributed by atoms with Gasteiger partial charge < -0.3 is 4.90 Å². The van der Waals surface area contributed by atoms with Crippen LogP contribution in [0.15, 0.2) is 54.6 Å². The molecule has 1 fully saturated rings. The molecule has 0 aromatic heterocycles. The number of ketones is 1. The van der Waals surface area contributed by atoms with E-state index in [0.717, 1.165) is 18.6 Å². The average Bonchev–Trinajstić information content (AvgIpc) is 3.05. The summed E-state index contributed by atoms with van der Waals surface area (Å²) in [4.78, 5) is 25.8. The molecule has 0 aliphatic carbocycles. The highest BCUT2D eigenvalue weighted by Crippen LogP contribution is 2.29. The summed E-state index contributed by atoms with van der Waals surface area (Å²) in [6.07, 6.45) is -0.559. The van der Waals surface area contributed by atoms with Crippen LogP contribution in [-0.4, -0.2) is 18.2 Å².